The molecule has 0 saturated heterocycles. The number of aryl methyl sites for hydroxylation is 1. The Balaban J connectivity index is 1.81. The van der Waals surface area contributed by atoms with E-state index in [1.165, 1.54) is 0 Å². The third-order valence-corrected chi connectivity index (χ3v) is 3.59. The Kier molecular flexibility index (Phi) is 4.35. The Labute approximate surface area is 110 Å². The summed E-state index contributed by atoms with van der Waals surface area (Å²) in [4.78, 5) is 0.973. The van der Waals surface area contributed by atoms with Gasteiger partial charge in [-0.05, 0) is 11.4 Å². The fourth-order valence-corrected chi connectivity index (χ4v) is 2.41. The maximum absolute atomic E-state index is 9.89. The largest absolute Gasteiger partial charge is 0.481 e. The van der Waals surface area contributed by atoms with Crippen molar-refractivity contribution in [3.63, 3.8) is 0 Å². The van der Waals surface area contributed by atoms with Gasteiger partial charge in [-0.3, -0.25) is 0 Å². The maximum Gasteiger partial charge on any atom is 0.211 e. The highest BCUT2D eigenvalue weighted by Crippen LogP contribution is 2.18. The summed E-state index contributed by atoms with van der Waals surface area (Å²) in [6, 6.07) is 5.75. The van der Waals surface area contributed by atoms with Crippen molar-refractivity contribution in [2.45, 2.75) is 12.6 Å². The number of aliphatic hydroxyl groups is 1. The molecule has 0 amide bonds. The second-order valence-corrected chi connectivity index (χ2v) is 4.94. The van der Waals surface area contributed by atoms with Crippen molar-refractivity contribution in [3.05, 3.63) is 34.2 Å². The highest BCUT2D eigenvalue weighted by atomic mass is 32.1. The number of thiophene rings is 1. The van der Waals surface area contributed by atoms with E-state index >= 15 is 0 Å². The summed E-state index contributed by atoms with van der Waals surface area (Å²) in [6.07, 6.45) is -0.462. The standard InChI is InChI=1S/C12H17N3O2S/c1-15-12(17-2)6-9(14-15)7-13-8-10(16)11-4-3-5-18-11/h3-6,10,13,16H,7-8H2,1-2H3. The number of hydrogen-bond acceptors (Lipinski definition) is 5. The van der Waals surface area contributed by atoms with Crippen molar-refractivity contribution < 1.29 is 9.84 Å². The van der Waals surface area contributed by atoms with Crippen LogP contribution in [0.15, 0.2) is 23.6 Å². The molecule has 2 N–H and O–H groups in total. The maximum atomic E-state index is 9.89. The predicted molar refractivity (Wildman–Crippen MR) is 70.7 cm³/mol. The molecule has 0 aromatic carbocycles. The number of rotatable bonds is 6. The molecule has 1 unspecified atom stereocenters. The van der Waals surface area contributed by atoms with E-state index in [-0.39, 0.29) is 0 Å². The molecule has 5 nitrogen and oxygen atoms in total. The Morgan fingerprint density at radius 3 is 3.06 bits per heavy atom. The highest BCUT2D eigenvalue weighted by molar-refractivity contribution is 7.10. The zero-order valence-corrected chi connectivity index (χ0v) is 11.3. The topological polar surface area (TPSA) is 59.3 Å². The zero-order valence-electron chi connectivity index (χ0n) is 10.5. The van der Waals surface area contributed by atoms with Crippen LogP contribution in [0.25, 0.3) is 0 Å². The van der Waals surface area contributed by atoms with Crippen LogP contribution in [0.4, 0.5) is 0 Å². The monoisotopic (exact) mass is 267 g/mol. The van der Waals surface area contributed by atoms with Crippen LogP contribution >= 0.6 is 11.3 Å². The molecule has 0 bridgehead atoms. The molecule has 98 valence electrons. The van der Waals surface area contributed by atoms with Crippen LogP contribution in [0.5, 0.6) is 5.88 Å². The Hall–Kier alpha value is -1.37. The van der Waals surface area contributed by atoms with Crippen LogP contribution in [-0.2, 0) is 13.6 Å². The minimum atomic E-state index is -0.462. The van der Waals surface area contributed by atoms with Gasteiger partial charge in [-0.1, -0.05) is 6.07 Å². The number of aliphatic hydroxyl groups excluding tert-OH is 1. The van der Waals surface area contributed by atoms with Crippen LogP contribution in [-0.4, -0.2) is 28.5 Å². The van der Waals surface area contributed by atoms with Gasteiger partial charge in [0.25, 0.3) is 0 Å². The summed E-state index contributed by atoms with van der Waals surface area (Å²) in [7, 11) is 3.46. The Bertz CT molecular complexity index is 481. The molecule has 6 heteroatoms. The average molecular weight is 267 g/mol. The molecule has 0 aliphatic carbocycles. The van der Waals surface area contributed by atoms with Gasteiger partial charge in [0.2, 0.25) is 5.88 Å². The Morgan fingerprint density at radius 1 is 1.61 bits per heavy atom. The molecule has 1 atom stereocenters. The first kappa shape index (κ1) is 13.1. The SMILES string of the molecule is COc1cc(CNCC(O)c2cccs2)nn1C. The molecule has 0 spiro atoms. The molecular formula is C12H17N3O2S. The van der Waals surface area contributed by atoms with E-state index in [4.69, 9.17) is 4.74 Å². The lowest BCUT2D eigenvalue weighted by Crippen LogP contribution is -2.20. The third kappa shape index (κ3) is 3.10. The number of aromatic nitrogens is 2. The fraction of sp³-hybridized carbons (Fsp3) is 0.417. The fourth-order valence-electron chi connectivity index (χ4n) is 1.70. The van der Waals surface area contributed by atoms with Gasteiger partial charge in [-0.25, -0.2) is 4.68 Å². The smallest absolute Gasteiger partial charge is 0.211 e. The zero-order chi connectivity index (χ0) is 13.0. The molecule has 2 rings (SSSR count). The second kappa shape index (κ2) is 5.99. The van der Waals surface area contributed by atoms with Gasteiger partial charge < -0.3 is 15.2 Å². The summed E-state index contributed by atoms with van der Waals surface area (Å²) in [6.45, 7) is 1.12. The first-order chi connectivity index (χ1) is 8.70. The van der Waals surface area contributed by atoms with E-state index in [9.17, 15) is 5.11 Å². The van der Waals surface area contributed by atoms with E-state index in [0.717, 1.165) is 16.5 Å². The highest BCUT2D eigenvalue weighted by Gasteiger charge is 2.09. The molecule has 0 radical (unpaired) electrons. The normalized spacial score (nSPS) is 12.6. The van der Waals surface area contributed by atoms with E-state index in [1.807, 2.05) is 30.6 Å². The number of nitrogens with zero attached hydrogens (tertiary/aromatic N) is 2. The number of methoxy groups -OCH3 is 1. The lowest BCUT2D eigenvalue weighted by molar-refractivity contribution is 0.178. The minimum Gasteiger partial charge on any atom is -0.481 e. The first-order valence-electron chi connectivity index (χ1n) is 5.70. The number of hydrogen-bond donors (Lipinski definition) is 2. The molecule has 18 heavy (non-hydrogen) atoms. The first-order valence-corrected chi connectivity index (χ1v) is 6.57. The minimum absolute atomic E-state index is 0.462. The van der Waals surface area contributed by atoms with Crippen LogP contribution in [0, 0.1) is 0 Å². The summed E-state index contributed by atoms with van der Waals surface area (Å²) in [5.41, 5.74) is 0.896. The van der Waals surface area contributed by atoms with Crippen LogP contribution in [0.3, 0.4) is 0 Å². The van der Waals surface area contributed by atoms with Crippen LogP contribution in [0.1, 0.15) is 16.7 Å². The quantitative estimate of drug-likeness (QED) is 0.828. The molecule has 0 aliphatic rings. The average Bonchev–Trinajstić information content (AvgIpc) is 2.98. The van der Waals surface area contributed by atoms with E-state index < -0.39 is 6.10 Å². The van der Waals surface area contributed by atoms with E-state index in [2.05, 4.69) is 10.4 Å². The molecule has 0 saturated carbocycles. The number of ether oxygens (including phenoxy) is 1. The van der Waals surface area contributed by atoms with Crippen molar-refractivity contribution in [1.82, 2.24) is 15.1 Å². The molecule has 0 aliphatic heterocycles. The summed E-state index contributed by atoms with van der Waals surface area (Å²) >= 11 is 1.56. The predicted octanol–water partition coefficient (Wildman–Crippen LogP) is 1.31. The molecular weight excluding hydrogens is 250 g/mol. The van der Waals surface area contributed by atoms with Gasteiger partial charge in [0.05, 0.1) is 12.8 Å². The van der Waals surface area contributed by atoms with Gasteiger partial charge in [-0.2, -0.15) is 5.10 Å². The van der Waals surface area contributed by atoms with Crippen molar-refractivity contribution in [2.24, 2.45) is 7.05 Å². The lowest BCUT2D eigenvalue weighted by atomic mass is 10.3. The van der Waals surface area contributed by atoms with Gasteiger partial charge in [-0.15, -0.1) is 11.3 Å². The second-order valence-electron chi connectivity index (χ2n) is 3.96. The van der Waals surface area contributed by atoms with E-state index in [1.54, 1.807) is 23.1 Å². The molecule has 2 heterocycles. The van der Waals surface area contributed by atoms with Crippen LogP contribution < -0.4 is 10.1 Å². The number of nitrogens with one attached hydrogen (secondary N) is 1. The summed E-state index contributed by atoms with van der Waals surface area (Å²) in [5, 5.41) is 19.3. The summed E-state index contributed by atoms with van der Waals surface area (Å²) in [5.74, 6) is 0.727. The van der Waals surface area contributed by atoms with Crippen molar-refractivity contribution in [3.8, 4) is 5.88 Å². The van der Waals surface area contributed by atoms with Crippen molar-refractivity contribution in [2.75, 3.05) is 13.7 Å². The van der Waals surface area contributed by atoms with Crippen LogP contribution in [0.2, 0.25) is 0 Å². The van der Waals surface area contributed by atoms with Crippen molar-refractivity contribution >= 4 is 11.3 Å². The van der Waals surface area contributed by atoms with Crippen molar-refractivity contribution in [1.29, 1.82) is 0 Å². The van der Waals surface area contributed by atoms with Gasteiger partial charge in [0.1, 0.15) is 6.10 Å². The summed E-state index contributed by atoms with van der Waals surface area (Å²) < 4.78 is 6.82. The molecule has 0 fully saturated rings. The molecule has 2 aromatic rings. The van der Waals surface area contributed by atoms with E-state index in [0.29, 0.717) is 13.1 Å². The van der Waals surface area contributed by atoms with Gasteiger partial charge >= 0.3 is 0 Å². The third-order valence-electron chi connectivity index (χ3n) is 2.61. The van der Waals surface area contributed by atoms with Gasteiger partial charge in [0, 0.05) is 31.1 Å². The lowest BCUT2D eigenvalue weighted by Gasteiger charge is -2.08. The Morgan fingerprint density at radius 2 is 2.44 bits per heavy atom. The van der Waals surface area contributed by atoms with Gasteiger partial charge in [0.15, 0.2) is 0 Å². The molecule has 2 aromatic heterocycles.